The lowest BCUT2D eigenvalue weighted by molar-refractivity contribution is -0.00697. The van der Waals surface area contributed by atoms with Gasteiger partial charge in [0.2, 0.25) is 0 Å². The smallest absolute Gasteiger partial charge is 0.272 e. The van der Waals surface area contributed by atoms with Gasteiger partial charge in [-0.25, -0.2) is 0 Å². The molecule has 134 valence electrons. The van der Waals surface area contributed by atoms with E-state index in [4.69, 9.17) is 4.74 Å². The van der Waals surface area contributed by atoms with Crippen LogP contribution in [-0.4, -0.2) is 32.0 Å². The number of aromatic amines is 1. The Morgan fingerprint density at radius 3 is 2.96 bits per heavy atom. The summed E-state index contributed by atoms with van der Waals surface area (Å²) in [4.78, 5) is 12.7. The lowest BCUT2D eigenvalue weighted by atomic mass is 9.80. The first kappa shape index (κ1) is 16.3. The fourth-order valence-corrected chi connectivity index (χ4v) is 3.87. The zero-order valence-electron chi connectivity index (χ0n) is 15.0. The van der Waals surface area contributed by atoms with Gasteiger partial charge in [0.25, 0.3) is 5.91 Å². The number of fused-ring (bicyclic) bond motifs is 1. The number of hydrogen-bond donors (Lipinski definition) is 2. The fourth-order valence-electron chi connectivity index (χ4n) is 3.87. The largest absolute Gasteiger partial charge is 0.369 e. The predicted octanol–water partition coefficient (Wildman–Crippen LogP) is 2.36. The maximum atomic E-state index is 12.7. The molecule has 2 aliphatic rings. The number of hydrogen-bond acceptors (Lipinski definition) is 4. The first-order valence-corrected chi connectivity index (χ1v) is 9.06. The summed E-state index contributed by atoms with van der Waals surface area (Å²) < 4.78 is 7.65. The minimum atomic E-state index is -0.139. The summed E-state index contributed by atoms with van der Waals surface area (Å²) in [6.07, 6.45) is 6.40. The van der Waals surface area contributed by atoms with Crippen LogP contribution >= 0.6 is 0 Å². The molecular formula is C18H25N5O2. The Morgan fingerprint density at radius 1 is 1.44 bits per heavy atom. The van der Waals surface area contributed by atoms with Gasteiger partial charge in [0.15, 0.2) is 5.69 Å². The zero-order chi connectivity index (χ0) is 17.6. The van der Waals surface area contributed by atoms with Crippen molar-refractivity contribution in [2.45, 2.75) is 64.2 Å². The summed E-state index contributed by atoms with van der Waals surface area (Å²) in [6.45, 7) is 4.48. The third-order valence-corrected chi connectivity index (χ3v) is 5.50. The summed E-state index contributed by atoms with van der Waals surface area (Å²) in [5, 5.41) is 14.6. The SMILES string of the molecule is C[C@@H]1Cc2c(C(=O)NCc3c(C4CCC4)cnn3C)n[nH]c2[C@H](C)O1. The van der Waals surface area contributed by atoms with Crippen molar-refractivity contribution < 1.29 is 9.53 Å². The summed E-state index contributed by atoms with van der Waals surface area (Å²) >= 11 is 0. The van der Waals surface area contributed by atoms with Gasteiger partial charge in [-0.05, 0) is 38.2 Å². The molecule has 25 heavy (non-hydrogen) atoms. The van der Waals surface area contributed by atoms with Crippen molar-refractivity contribution in [3.05, 3.63) is 34.4 Å². The van der Waals surface area contributed by atoms with E-state index >= 15 is 0 Å². The highest BCUT2D eigenvalue weighted by molar-refractivity contribution is 5.94. The lowest BCUT2D eigenvalue weighted by Crippen LogP contribution is -2.28. The molecule has 2 aromatic heterocycles. The number of nitrogens with zero attached hydrogens (tertiary/aromatic N) is 3. The van der Waals surface area contributed by atoms with Crippen LogP contribution in [0.3, 0.4) is 0 Å². The molecular weight excluding hydrogens is 318 g/mol. The van der Waals surface area contributed by atoms with Crippen LogP contribution in [0, 0.1) is 0 Å². The molecule has 2 atom stereocenters. The molecule has 3 heterocycles. The molecule has 4 rings (SSSR count). The molecule has 1 aliphatic carbocycles. The summed E-state index contributed by atoms with van der Waals surface area (Å²) in [6, 6.07) is 0. The molecule has 7 nitrogen and oxygen atoms in total. The number of rotatable bonds is 4. The third-order valence-electron chi connectivity index (χ3n) is 5.50. The number of aromatic nitrogens is 4. The van der Waals surface area contributed by atoms with Gasteiger partial charge < -0.3 is 10.1 Å². The van der Waals surface area contributed by atoms with Crippen molar-refractivity contribution in [2.24, 2.45) is 7.05 Å². The number of H-pyrrole nitrogens is 1. The predicted molar refractivity (Wildman–Crippen MR) is 92.2 cm³/mol. The maximum absolute atomic E-state index is 12.7. The van der Waals surface area contributed by atoms with Crippen molar-refractivity contribution in [3.8, 4) is 0 Å². The summed E-state index contributed by atoms with van der Waals surface area (Å²) in [7, 11) is 1.93. The Bertz CT molecular complexity index is 789. The number of amides is 1. The van der Waals surface area contributed by atoms with Gasteiger partial charge >= 0.3 is 0 Å². The Morgan fingerprint density at radius 2 is 2.24 bits per heavy atom. The number of aryl methyl sites for hydroxylation is 1. The first-order chi connectivity index (χ1) is 12.0. The lowest BCUT2D eigenvalue weighted by Gasteiger charge is -2.26. The second kappa shape index (κ2) is 6.29. The Labute approximate surface area is 147 Å². The number of carbonyl (C=O) groups is 1. The van der Waals surface area contributed by atoms with Crippen molar-refractivity contribution in [3.63, 3.8) is 0 Å². The molecule has 1 fully saturated rings. The molecule has 0 unspecified atom stereocenters. The molecule has 1 aliphatic heterocycles. The van der Waals surface area contributed by atoms with Crippen LogP contribution in [0.4, 0.5) is 0 Å². The first-order valence-electron chi connectivity index (χ1n) is 9.06. The highest BCUT2D eigenvalue weighted by atomic mass is 16.5. The second-order valence-corrected chi connectivity index (χ2v) is 7.24. The van der Waals surface area contributed by atoms with Gasteiger partial charge in [-0.15, -0.1) is 0 Å². The number of nitrogens with one attached hydrogen (secondary N) is 2. The van der Waals surface area contributed by atoms with E-state index in [0.29, 0.717) is 24.6 Å². The van der Waals surface area contributed by atoms with Gasteiger partial charge in [-0.1, -0.05) is 6.42 Å². The molecule has 0 saturated heterocycles. The topological polar surface area (TPSA) is 84.8 Å². The van der Waals surface area contributed by atoms with Crippen LogP contribution in [0.5, 0.6) is 0 Å². The van der Waals surface area contributed by atoms with E-state index in [1.54, 1.807) is 0 Å². The zero-order valence-corrected chi connectivity index (χ0v) is 15.0. The van der Waals surface area contributed by atoms with Gasteiger partial charge in [-0.3, -0.25) is 14.6 Å². The minimum Gasteiger partial charge on any atom is -0.369 e. The second-order valence-electron chi connectivity index (χ2n) is 7.24. The number of carbonyl (C=O) groups excluding carboxylic acids is 1. The van der Waals surface area contributed by atoms with Gasteiger partial charge in [-0.2, -0.15) is 10.2 Å². The average Bonchev–Trinajstić information content (AvgIpc) is 3.08. The van der Waals surface area contributed by atoms with Gasteiger partial charge in [0, 0.05) is 19.0 Å². The molecule has 2 aromatic rings. The standard InChI is InChI=1S/C18H25N5O2/c1-10-7-13-16(11(2)25-10)21-22-17(13)18(24)19-9-15-14(8-20-23(15)3)12-5-4-6-12/h8,10-12H,4-7,9H2,1-3H3,(H,19,24)(H,21,22)/t10-,11+/m1/s1. The van der Waals surface area contributed by atoms with Crippen molar-refractivity contribution in [1.29, 1.82) is 0 Å². The van der Waals surface area contributed by atoms with E-state index in [9.17, 15) is 4.79 Å². The molecule has 0 radical (unpaired) electrons. The third kappa shape index (κ3) is 2.86. The van der Waals surface area contributed by atoms with E-state index < -0.39 is 0 Å². The van der Waals surface area contributed by atoms with E-state index in [2.05, 4.69) is 20.6 Å². The Kier molecular flexibility index (Phi) is 4.11. The van der Waals surface area contributed by atoms with Crippen molar-refractivity contribution in [2.75, 3.05) is 0 Å². The summed E-state index contributed by atoms with van der Waals surface area (Å²) in [5.74, 6) is 0.456. The van der Waals surface area contributed by atoms with Crippen molar-refractivity contribution >= 4 is 5.91 Å². The summed E-state index contributed by atoms with van der Waals surface area (Å²) in [5.41, 5.74) is 4.75. The molecule has 1 amide bonds. The van der Waals surface area contributed by atoms with Gasteiger partial charge in [0.1, 0.15) is 0 Å². The minimum absolute atomic E-state index is 0.0601. The van der Waals surface area contributed by atoms with Crippen molar-refractivity contribution in [1.82, 2.24) is 25.3 Å². The molecule has 0 bridgehead atoms. The molecule has 7 heteroatoms. The van der Waals surface area contributed by atoms with Crippen LogP contribution in [0.15, 0.2) is 6.20 Å². The quantitative estimate of drug-likeness (QED) is 0.892. The highest BCUT2D eigenvalue weighted by Crippen LogP contribution is 2.37. The maximum Gasteiger partial charge on any atom is 0.272 e. The number of ether oxygens (including phenoxy) is 1. The van der Waals surface area contributed by atoms with Crippen LogP contribution in [-0.2, 0) is 24.8 Å². The van der Waals surface area contributed by atoms with E-state index in [-0.39, 0.29) is 18.1 Å². The normalized spacial score (nSPS) is 23.2. The van der Waals surface area contributed by atoms with Crippen LogP contribution in [0.1, 0.15) is 78.1 Å². The Balaban J connectivity index is 1.50. The monoisotopic (exact) mass is 343 g/mol. The van der Waals surface area contributed by atoms with Gasteiger partial charge in [0.05, 0.1) is 36.3 Å². The van der Waals surface area contributed by atoms with E-state index in [1.165, 1.54) is 24.8 Å². The average molecular weight is 343 g/mol. The molecule has 0 aromatic carbocycles. The molecule has 1 saturated carbocycles. The fraction of sp³-hybridized carbons (Fsp3) is 0.611. The van der Waals surface area contributed by atoms with Crippen LogP contribution < -0.4 is 5.32 Å². The van der Waals surface area contributed by atoms with E-state index in [0.717, 1.165) is 17.0 Å². The highest BCUT2D eigenvalue weighted by Gasteiger charge is 2.30. The molecule has 0 spiro atoms. The van der Waals surface area contributed by atoms with Crippen LogP contribution in [0.25, 0.3) is 0 Å². The Hall–Kier alpha value is -2.15. The molecule has 2 N–H and O–H groups in total. The van der Waals surface area contributed by atoms with E-state index in [1.807, 2.05) is 31.8 Å². The van der Waals surface area contributed by atoms with Crippen LogP contribution in [0.2, 0.25) is 0 Å².